The second kappa shape index (κ2) is 39.6. The largest absolute Gasteiger partial charge is 0.472 e. The summed E-state index contributed by atoms with van der Waals surface area (Å²) in [5, 5.41) is 9.46. The average Bonchev–Trinajstić information content (AvgIpc) is 3.18. The monoisotopic (exact) mass is 799 g/mol. The van der Waals surface area contributed by atoms with E-state index in [2.05, 4.69) is 79.8 Å². The molecule has 0 saturated heterocycles. The first kappa shape index (κ1) is 52.4. The number of carbonyl (C=O) groups is 2. The number of carbonyl (C=O) groups excluding carboxylic acids is 2. The summed E-state index contributed by atoms with van der Waals surface area (Å²) >= 11 is 0. The van der Waals surface area contributed by atoms with Crippen LogP contribution < -0.4 is 5.73 Å². The van der Waals surface area contributed by atoms with Gasteiger partial charge in [-0.2, -0.15) is 0 Å². The van der Waals surface area contributed by atoms with Crippen LogP contribution in [0.2, 0.25) is 0 Å². The Morgan fingerprint density at radius 3 is 1.57 bits per heavy atom. The van der Waals surface area contributed by atoms with Crippen LogP contribution in [-0.4, -0.2) is 60.5 Å². The number of phosphoric acid groups is 1. The lowest BCUT2D eigenvalue weighted by molar-refractivity contribution is -0.161. The fraction of sp³-hybridized carbons (Fsp3) is 0.511. The van der Waals surface area contributed by atoms with Gasteiger partial charge in [0.1, 0.15) is 6.61 Å². The van der Waals surface area contributed by atoms with Crippen LogP contribution >= 0.6 is 7.82 Å². The molecule has 314 valence electrons. The van der Waals surface area contributed by atoms with Gasteiger partial charge in [-0.25, -0.2) is 4.57 Å². The zero-order valence-electron chi connectivity index (χ0n) is 33.9. The maximum absolute atomic E-state index is 12.5. The topological polar surface area (TPSA) is 155 Å². The molecule has 0 amide bonds. The number of hydrogen-bond acceptors (Lipinski definition) is 9. The molecular formula is C45H70NO9P. The van der Waals surface area contributed by atoms with Crippen molar-refractivity contribution in [2.45, 2.75) is 122 Å². The Hall–Kier alpha value is -3.63. The van der Waals surface area contributed by atoms with E-state index in [1.165, 1.54) is 0 Å². The van der Waals surface area contributed by atoms with E-state index in [1.807, 2.05) is 49.5 Å². The van der Waals surface area contributed by atoms with Gasteiger partial charge < -0.3 is 25.2 Å². The number of unbranched alkanes of at least 4 members (excludes halogenated alkanes) is 2. The van der Waals surface area contributed by atoms with Crippen LogP contribution in [0, 0.1) is 0 Å². The second-order valence-electron chi connectivity index (χ2n) is 12.6. The summed E-state index contributed by atoms with van der Waals surface area (Å²) in [4.78, 5) is 34.8. The standard InChI is InChI=1S/C45H70NO9P/c1-3-5-6-7-8-9-10-11-12-13-14-19-22-25-28-31-34-37-45(49)55-43(41-54-56(50,51)53-39-38-46)40-52-44(48)36-33-30-27-24-21-18-16-15-17-20-23-26-29-32-35-42(47)4-2/h5-6,8-9,11-12,14,16-20,24-29,32,35,42-43,47H,3-4,7,10,13,15,21-23,30-31,33-34,36-41,46H2,1-2H3,(H,50,51)/b6-5-,9-8-,12-11-,18-16-,19-14-,20-17-,27-24-,28-25-,29-26-,35-32+/t42-,43+/m0/s1. The van der Waals surface area contributed by atoms with Gasteiger partial charge in [0.05, 0.1) is 19.3 Å². The van der Waals surface area contributed by atoms with Gasteiger partial charge in [-0.15, -0.1) is 0 Å². The molecule has 0 aliphatic heterocycles. The molecule has 0 bridgehead atoms. The molecule has 0 aliphatic carbocycles. The number of allylic oxidation sites excluding steroid dienone is 19. The van der Waals surface area contributed by atoms with Gasteiger partial charge in [0.25, 0.3) is 0 Å². The molecule has 56 heavy (non-hydrogen) atoms. The van der Waals surface area contributed by atoms with Crippen molar-refractivity contribution in [3.63, 3.8) is 0 Å². The summed E-state index contributed by atoms with van der Waals surface area (Å²) in [5.41, 5.74) is 5.33. The summed E-state index contributed by atoms with van der Waals surface area (Å²) in [6.45, 7) is 3.10. The third-order valence-corrected chi connectivity index (χ3v) is 8.48. The maximum atomic E-state index is 12.5. The minimum absolute atomic E-state index is 0.0236. The van der Waals surface area contributed by atoms with E-state index < -0.39 is 32.5 Å². The minimum atomic E-state index is -4.42. The van der Waals surface area contributed by atoms with Crippen LogP contribution in [0.4, 0.5) is 0 Å². The molecule has 11 heteroatoms. The van der Waals surface area contributed by atoms with Crippen molar-refractivity contribution in [2.24, 2.45) is 5.73 Å². The van der Waals surface area contributed by atoms with Gasteiger partial charge in [0.2, 0.25) is 0 Å². The van der Waals surface area contributed by atoms with Gasteiger partial charge >= 0.3 is 19.8 Å². The van der Waals surface area contributed by atoms with Crippen molar-refractivity contribution in [3.05, 3.63) is 122 Å². The Balaban J connectivity index is 4.44. The molecule has 0 radical (unpaired) electrons. The molecule has 0 aromatic carbocycles. The molecule has 10 nitrogen and oxygen atoms in total. The van der Waals surface area contributed by atoms with Crippen molar-refractivity contribution in [1.82, 2.24) is 0 Å². The van der Waals surface area contributed by atoms with Gasteiger partial charge in [-0.3, -0.25) is 18.6 Å². The van der Waals surface area contributed by atoms with Gasteiger partial charge in [0, 0.05) is 19.4 Å². The van der Waals surface area contributed by atoms with Crippen molar-refractivity contribution < 1.29 is 42.7 Å². The first-order chi connectivity index (χ1) is 27.2. The molecule has 0 aromatic heterocycles. The van der Waals surface area contributed by atoms with Crippen molar-refractivity contribution >= 4 is 19.8 Å². The summed E-state index contributed by atoms with van der Waals surface area (Å²) < 4.78 is 32.6. The molecule has 0 spiro atoms. The molecule has 0 rings (SSSR count). The van der Waals surface area contributed by atoms with Crippen molar-refractivity contribution in [3.8, 4) is 0 Å². The molecule has 0 aliphatic rings. The van der Waals surface area contributed by atoms with Crippen LogP contribution in [0.1, 0.15) is 110 Å². The SMILES string of the molecule is CC/C=C\C/C=C\C/C=C\C/C=C\C/C=C\CCCC(=O)O[C@H](COC(=O)CCC/C=C\C/C=C\C/C=C\C/C=C\C=C\[C@@H](O)CC)COP(=O)(O)OCCN. The predicted molar refractivity (Wildman–Crippen MR) is 230 cm³/mol. The Bertz CT molecular complexity index is 1340. The van der Waals surface area contributed by atoms with E-state index in [0.29, 0.717) is 32.1 Å². The Morgan fingerprint density at radius 2 is 1.09 bits per heavy atom. The third-order valence-electron chi connectivity index (χ3n) is 7.50. The Labute approximate surface area is 337 Å². The van der Waals surface area contributed by atoms with E-state index >= 15 is 0 Å². The molecule has 0 heterocycles. The Morgan fingerprint density at radius 1 is 0.625 bits per heavy atom. The smallest absolute Gasteiger partial charge is 0.462 e. The molecule has 0 saturated carbocycles. The van der Waals surface area contributed by atoms with Crippen molar-refractivity contribution in [1.29, 1.82) is 0 Å². The zero-order chi connectivity index (χ0) is 41.2. The number of nitrogens with two attached hydrogens (primary N) is 1. The molecule has 0 aromatic rings. The number of ether oxygens (including phenoxy) is 2. The first-order valence-corrected chi connectivity index (χ1v) is 21.6. The summed E-state index contributed by atoms with van der Waals surface area (Å²) in [6.07, 6.45) is 50.5. The number of phosphoric ester groups is 1. The van der Waals surface area contributed by atoms with Crippen LogP contribution in [0.5, 0.6) is 0 Å². The van der Waals surface area contributed by atoms with Gasteiger partial charge in [-0.1, -0.05) is 135 Å². The van der Waals surface area contributed by atoms with Gasteiger partial charge in [0.15, 0.2) is 6.10 Å². The fourth-order valence-corrected chi connectivity index (χ4v) is 5.18. The molecule has 3 atom stereocenters. The van der Waals surface area contributed by atoms with Crippen LogP contribution in [0.25, 0.3) is 0 Å². The second-order valence-corrected chi connectivity index (χ2v) is 14.0. The van der Waals surface area contributed by atoms with Crippen LogP contribution in [0.15, 0.2) is 122 Å². The number of hydrogen-bond donors (Lipinski definition) is 3. The predicted octanol–water partition coefficient (Wildman–Crippen LogP) is 10.3. The average molecular weight is 800 g/mol. The quantitative estimate of drug-likeness (QED) is 0.0185. The summed E-state index contributed by atoms with van der Waals surface area (Å²) in [5.74, 6) is -1.00. The van der Waals surface area contributed by atoms with E-state index in [0.717, 1.165) is 51.4 Å². The first-order valence-electron chi connectivity index (χ1n) is 20.1. The van der Waals surface area contributed by atoms with E-state index in [-0.39, 0.29) is 38.7 Å². The molecule has 0 fully saturated rings. The van der Waals surface area contributed by atoms with E-state index in [4.69, 9.17) is 24.3 Å². The lowest BCUT2D eigenvalue weighted by Gasteiger charge is -2.19. The van der Waals surface area contributed by atoms with Crippen LogP contribution in [0.3, 0.4) is 0 Å². The lowest BCUT2D eigenvalue weighted by atomic mass is 10.2. The van der Waals surface area contributed by atoms with Gasteiger partial charge in [-0.05, 0) is 83.5 Å². The summed E-state index contributed by atoms with van der Waals surface area (Å²) in [6, 6.07) is 0. The molecular weight excluding hydrogens is 729 g/mol. The lowest BCUT2D eigenvalue weighted by Crippen LogP contribution is -2.29. The number of aliphatic hydroxyl groups excluding tert-OH is 1. The highest BCUT2D eigenvalue weighted by molar-refractivity contribution is 7.47. The summed E-state index contributed by atoms with van der Waals surface area (Å²) in [7, 11) is -4.42. The number of esters is 2. The third kappa shape index (κ3) is 38.6. The van der Waals surface area contributed by atoms with Crippen LogP contribution in [-0.2, 0) is 32.7 Å². The van der Waals surface area contributed by atoms with E-state index in [9.17, 15) is 24.2 Å². The zero-order valence-corrected chi connectivity index (χ0v) is 34.8. The Kier molecular flexibility index (Phi) is 37.0. The van der Waals surface area contributed by atoms with Crippen molar-refractivity contribution in [2.75, 3.05) is 26.4 Å². The normalized spacial score (nSPS) is 15.2. The molecule has 1 unspecified atom stereocenters. The fourth-order valence-electron chi connectivity index (χ4n) is 4.42. The highest BCUT2D eigenvalue weighted by Crippen LogP contribution is 2.43. The highest BCUT2D eigenvalue weighted by Gasteiger charge is 2.25. The van der Waals surface area contributed by atoms with E-state index in [1.54, 1.807) is 6.08 Å². The molecule has 4 N–H and O–H groups in total. The number of aliphatic hydroxyl groups is 1. The number of rotatable bonds is 35. The maximum Gasteiger partial charge on any atom is 0.472 e. The minimum Gasteiger partial charge on any atom is -0.462 e. The highest BCUT2D eigenvalue weighted by atomic mass is 31.2.